The van der Waals surface area contributed by atoms with Crippen molar-refractivity contribution in [2.45, 2.75) is 52.5 Å². The number of aliphatic hydroxyl groups is 1. The highest BCUT2D eigenvalue weighted by atomic mass is 16.3. The minimum Gasteiger partial charge on any atom is -0.396 e. The van der Waals surface area contributed by atoms with Gasteiger partial charge in [0.05, 0.1) is 0 Å². The van der Waals surface area contributed by atoms with Crippen molar-refractivity contribution in [1.29, 1.82) is 0 Å². The molecule has 0 bridgehead atoms. The molecular formula is C15H23N5O2. The van der Waals surface area contributed by atoms with Crippen molar-refractivity contribution < 1.29 is 9.90 Å². The fraction of sp³-hybridized carbons (Fsp3) is 0.600. The van der Waals surface area contributed by atoms with Gasteiger partial charge in [0, 0.05) is 30.5 Å². The number of carbonyl (C=O) groups is 1. The van der Waals surface area contributed by atoms with Crippen molar-refractivity contribution in [3.8, 4) is 0 Å². The van der Waals surface area contributed by atoms with Gasteiger partial charge in [-0.15, -0.1) is 0 Å². The summed E-state index contributed by atoms with van der Waals surface area (Å²) in [4.78, 5) is 20.5. The van der Waals surface area contributed by atoms with E-state index in [9.17, 15) is 4.79 Å². The van der Waals surface area contributed by atoms with Crippen LogP contribution in [0.4, 0.5) is 0 Å². The molecule has 2 rings (SSSR count). The highest BCUT2D eigenvalue weighted by Gasteiger charge is 2.14. The van der Waals surface area contributed by atoms with Crippen LogP contribution in [0.15, 0.2) is 6.33 Å². The van der Waals surface area contributed by atoms with E-state index in [0.717, 1.165) is 23.4 Å². The zero-order valence-corrected chi connectivity index (χ0v) is 13.3. The average Bonchev–Trinajstić information content (AvgIpc) is 2.94. The van der Waals surface area contributed by atoms with Crippen LogP contribution in [0.2, 0.25) is 0 Å². The van der Waals surface area contributed by atoms with Crippen LogP contribution >= 0.6 is 0 Å². The molecule has 1 amide bonds. The first-order valence-corrected chi connectivity index (χ1v) is 7.62. The Morgan fingerprint density at radius 3 is 2.91 bits per heavy atom. The number of nitrogens with one attached hydrogen (secondary N) is 1. The summed E-state index contributed by atoms with van der Waals surface area (Å²) < 4.78 is 1.70. The van der Waals surface area contributed by atoms with E-state index in [1.54, 1.807) is 4.52 Å². The molecule has 2 N–H and O–H groups in total. The fourth-order valence-corrected chi connectivity index (χ4v) is 2.59. The summed E-state index contributed by atoms with van der Waals surface area (Å²) in [5, 5.41) is 16.1. The van der Waals surface area contributed by atoms with E-state index in [1.807, 2.05) is 20.8 Å². The van der Waals surface area contributed by atoms with Crippen LogP contribution in [0.1, 0.15) is 43.1 Å². The molecule has 0 aromatic carbocycles. The third-order valence-corrected chi connectivity index (χ3v) is 3.93. The number of fused-ring (bicyclic) bond motifs is 1. The van der Waals surface area contributed by atoms with E-state index in [0.29, 0.717) is 25.0 Å². The lowest BCUT2D eigenvalue weighted by atomic mass is 10.1. The van der Waals surface area contributed by atoms with Crippen LogP contribution < -0.4 is 5.32 Å². The average molecular weight is 305 g/mol. The zero-order chi connectivity index (χ0) is 16.1. The number of rotatable bonds is 7. The Balaban J connectivity index is 2.03. The maximum atomic E-state index is 12.0. The molecule has 0 aliphatic carbocycles. The van der Waals surface area contributed by atoms with Crippen LogP contribution in [-0.2, 0) is 11.2 Å². The first-order chi connectivity index (χ1) is 10.6. The van der Waals surface area contributed by atoms with Crippen LogP contribution in [0.3, 0.4) is 0 Å². The number of carbonyl (C=O) groups excluding carboxylic acids is 1. The van der Waals surface area contributed by atoms with Crippen LogP contribution in [-0.4, -0.2) is 43.2 Å². The van der Waals surface area contributed by atoms with Crippen molar-refractivity contribution in [3.05, 3.63) is 23.3 Å². The SMILES string of the molecule is CCC(CCO)NC(=O)CCc1c(C)nc2ncnn2c1C. The van der Waals surface area contributed by atoms with Gasteiger partial charge in [-0.05, 0) is 38.7 Å². The summed E-state index contributed by atoms with van der Waals surface area (Å²) in [5.74, 6) is 0.579. The number of amides is 1. The van der Waals surface area contributed by atoms with E-state index in [-0.39, 0.29) is 18.6 Å². The minimum atomic E-state index is -0.00205. The van der Waals surface area contributed by atoms with E-state index in [1.165, 1.54) is 6.33 Å². The molecule has 2 aromatic heterocycles. The molecular weight excluding hydrogens is 282 g/mol. The molecule has 7 heteroatoms. The molecule has 7 nitrogen and oxygen atoms in total. The van der Waals surface area contributed by atoms with Crippen molar-refractivity contribution in [2.75, 3.05) is 6.61 Å². The molecule has 0 spiro atoms. The van der Waals surface area contributed by atoms with E-state index >= 15 is 0 Å². The molecule has 0 radical (unpaired) electrons. The highest BCUT2D eigenvalue weighted by molar-refractivity contribution is 5.76. The van der Waals surface area contributed by atoms with E-state index in [2.05, 4.69) is 20.4 Å². The summed E-state index contributed by atoms with van der Waals surface area (Å²) in [6.45, 7) is 5.97. The predicted octanol–water partition coefficient (Wildman–Crippen LogP) is 0.951. The van der Waals surface area contributed by atoms with Crippen LogP contribution in [0, 0.1) is 13.8 Å². The number of aryl methyl sites for hydroxylation is 2. The van der Waals surface area contributed by atoms with Crippen LogP contribution in [0.5, 0.6) is 0 Å². The molecule has 2 aromatic rings. The zero-order valence-electron chi connectivity index (χ0n) is 13.3. The highest BCUT2D eigenvalue weighted by Crippen LogP contribution is 2.15. The second-order valence-electron chi connectivity index (χ2n) is 5.42. The van der Waals surface area contributed by atoms with Crippen LogP contribution in [0.25, 0.3) is 5.78 Å². The summed E-state index contributed by atoms with van der Waals surface area (Å²) in [6, 6.07) is 0.0376. The maximum absolute atomic E-state index is 12.0. The lowest BCUT2D eigenvalue weighted by Crippen LogP contribution is -2.35. The fourth-order valence-electron chi connectivity index (χ4n) is 2.59. The molecule has 0 aliphatic rings. The van der Waals surface area contributed by atoms with Gasteiger partial charge in [-0.2, -0.15) is 10.1 Å². The lowest BCUT2D eigenvalue weighted by molar-refractivity contribution is -0.121. The van der Waals surface area contributed by atoms with E-state index in [4.69, 9.17) is 5.11 Å². The van der Waals surface area contributed by atoms with Gasteiger partial charge in [-0.1, -0.05) is 6.92 Å². The quantitative estimate of drug-likeness (QED) is 0.794. The second kappa shape index (κ2) is 7.31. The van der Waals surface area contributed by atoms with Crippen molar-refractivity contribution >= 4 is 11.7 Å². The third kappa shape index (κ3) is 3.59. The first kappa shape index (κ1) is 16.4. The molecule has 22 heavy (non-hydrogen) atoms. The van der Waals surface area contributed by atoms with Gasteiger partial charge in [0.2, 0.25) is 5.91 Å². The summed E-state index contributed by atoms with van der Waals surface area (Å²) in [5.41, 5.74) is 2.88. The van der Waals surface area contributed by atoms with Gasteiger partial charge in [0.1, 0.15) is 6.33 Å². The normalized spacial score (nSPS) is 12.5. The van der Waals surface area contributed by atoms with Gasteiger partial charge < -0.3 is 10.4 Å². The predicted molar refractivity (Wildman–Crippen MR) is 82.5 cm³/mol. The molecule has 0 aliphatic heterocycles. The molecule has 2 heterocycles. The number of nitrogens with zero attached hydrogens (tertiary/aromatic N) is 4. The first-order valence-electron chi connectivity index (χ1n) is 7.62. The Hall–Kier alpha value is -2.02. The maximum Gasteiger partial charge on any atom is 0.252 e. The Morgan fingerprint density at radius 1 is 1.45 bits per heavy atom. The second-order valence-corrected chi connectivity index (χ2v) is 5.42. The van der Waals surface area contributed by atoms with Crippen molar-refractivity contribution in [3.63, 3.8) is 0 Å². The molecule has 0 saturated carbocycles. The van der Waals surface area contributed by atoms with Gasteiger partial charge in [-0.25, -0.2) is 9.50 Å². The molecule has 1 unspecified atom stereocenters. The lowest BCUT2D eigenvalue weighted by Gasteiger charge is -2.16. The number of hydrogen-bond donors (Lipinski definition) is 2. The molecule has 0 saturated heterocycles. The Morgan fingerprint density at radius 2 is 2.23 bits per heavy atom. The Bertz CT molecular complexity index is 653. The van der Waals surface area contributed by atoms with Gasteiger partial charge in [0.25, 0.3) is 5.78 Å². The standard InChI is InChI=1S/C15H23N5O2/c1-4-12(7-8-21)19-14(22)6-5-13-10(2)18-15-16-9-17-20(15)11(13)3/h9,12,21H,4-8H2,1-3H3,(H,19,22). The minimum absolute atomic E-state index is 0.00205. The number of aliphatic hydroxyl groups excluding tert-OH is 1. The smallest absolute Gasteiger partial charge is 0.252 e. The van der Waals surface area contributed by atoms with Gasteiger partial charge in [0.15, 0.2) is 0 Å². The van der Waals surface area contributed by atoms with E-state index < -0.39 is 0 Å². The molecule has 0 fully saturated rings. The molecule has 120 valence electrons. The molecule has 1 atom stereocenters. The Labute approximate surface area is 129 Å². The summed E-state index contributed by atoms with van der Waals surface area (Å²) in [7, 11) is 0. The Kier molecular flexibility index (Phi) is 5.43. The summed E-state index contributed by atoms with van der Waals surface area (Å²) >= 11 is 0. The largest absolute Gasteiger partial charge is 0.396 e. The summed E-state index contributed by atoms with van der Waals surface area (Å²) in [6.07, 6.45) is 3.89. The van der Waals surface area contributed by atoms with Gasteiger partial charge in [-0.3, -0.25) is 4.79 Å². The van der Waals surface area contributed by atoms with Gasteiger partial charge >= 0.3 is 0 Å². The third-order valence-electron chi connectivity index (χ3n) is 3.93. The number of aromatic nitrogens is 4. The van der Waals surface area contributed by atoms with Crippen molar-refractivity contribution in [1.82, 2.24) is 24.9 Å². The number of hydrogen-bond acceptors (Lipinski definition) is 5. The topological polar surface area (TPSA) is 92.4 Å². The van der Waals surface area contributed by atoms with Crippen molar-refractivity contribution in [2.24, 2.45) is 0 Å². The monoisotopic (exact) mass is 305 g/mol.